The highest BCUT2D eigenvalue weighted by Crippen LogP contribution is 2.47. The monoisotopic (exact) mass is 515 g/mol. The molecule has 0 aromatic heterocycles. The smallest absolute Gasteiger partial charge is 0.310 e. The molecule has 0 spiro atoms. The third-order valence-corrected chi connectivity index (χ3v) is 8.22. The van der Waals surface area contributed by atoms with Gasteiger partial charge in [-0.15, -0.1) is 0 Å². The van der Waals surface area contributed by atoms with Crippen molar-refractivity contribution < 1.29 is 19.0 Å². The zero-order valence-corrected chi connectivity index (χ0v) is 23.8. The molecule has 0 unspecified atom stereocenters. The largest absolute Gasteiger partial charge is 0.493 e. The van der Waals surface area contributed by atoms with E-state index in [1.807, 2.05) is 18.2 Å². The Morgan fingerprint density at radius 1 is 0.895 bits per heavy atom. The lowest BCUT2D eigenvalue weighted by Crippen LogP contribution is -2.43. The molecule has 3 aromatic rings. The normalized spacial score (nSPS) is 19.8. The van der Waals surface area contributed by atoms with Gasteiger partial charge < -0.3 is 14.2 Å². The molecule has 1 aliphatic carbocycles. The van der Waals surface area contributed by atoms with Crippen molar-refractivity contribution in [2.24, 2.45) is 5.92 Å². The summed E-state index contributed by atoms with van der Waals surface area (Å²) in [5.74, 6) is 1.14. The van der Waals surface area contributed by atoms with Crippen molar-refractivity contribution in [2.45, 2.75) is 65.1 Å². The molecule has 0 bridgehead atoms. The molecule has 3 aromatic carbocycles. The maximum atomic E-state index is 13.5. The van der Waals surface area contributed by atoms with Crippen molar-refractivity contribution in [1.29, 1.82) is 0 Å². The molecule has 38 heavy (non-hydrogen) atoms. The van der Waals surface area contributed by atoms with E-state index in [-0.39, 0.29) is 29.9 Å². The molecule has 0 saturated heterocycles. The van der Waals surface area contributed by atoms with Crippen LogP contribution in [0.15, 0.2) is 60.7 Å². The number of benzene rings is 3. The van der Waals surface area contributed by atoms with Crippen LogP contribution in [0, 0.1) is 26.7 Å². The van der Waals surface area contributed by atoms with Crippen molar-refractivity contribution in [3.8, 4) is 11.5 Å². The molecule has 0 aliphatic heterocycles. The predicted molar refractivity (Wildman–Crippen MR) is 152 cm³/mol. The molecule has 1 aliphatic rings. The number of carbonyl (C=O) groups excluding carboxylic acids is 1. The minimum absolute atomic E-state index is 0.0239. The summed E-state index contributed by atoms with van der Waals surface area (Å²) in [6, 6.07) is 21.2. The van der Waals surface area contributed by atoms with Crippen LogP contribution in [0.2, 0.25) is 0 Å². The summed E-state index contributed by atoms with van der Waals surface area (Å²) in [6.07, 6.45) is 1.86. The third kappa shape index (κ3) is 5.58. The van der Waals surface area contributed by atoms with Crippen molar-refractivity contribution in [3.63, 3.8) is 0 Å². The standard InChI is InChI=1S/C33H41NO4/c1-21-17-22(2)31(23(3)18-21)27-14-15-28(32(27)33(35)38-7)34(24(4)26-11-9-8-10-12-26)20-25-13-16-29(36-5)30(19-25)37-6/h8-13,16-19,24,27-28,32H,14-15,20H2,1-7H3/t24-,27-,28+,32-/m1/s1. The Balaban J connectivity index is 1.78. The molecular formula is C33H41NO4. The van der Waals surface area contributed by atoms with E-state index >= 15 is 0 Å². The number of methoxy groups -OCH3 is 3. The van der Waals surface area contributed by atoms with Gasteiger partial charge in [-0.3, -0.25) is 9.69 Å². The number of aryl methyl sites for hydroxylation is 3. The zero-order chi connectivity index (χ0) is 27.4. The highest BCUT2D eigenvalue weighted by atomic mass is 16.5. The first kappa shape index (κ1) is 27.7. The quantitative estimate of drug-likeness (QED) is 0.289. The summed E-state index contributed by atoms with van der Waals surface area (Å²) in [7, 11) is 4.83. The lowest BCUT2D eigenvalue weighted by atomic mass is 9.81. The van der Waals surface area contributed by atoms with E-state index in [9.17, 15) is 4.79 Å². The number of hydrogen-bond acceptors (Lipinski definition) is 5. The average molecular weight is 516 g/mol. The van der Waals surface area contributed by atoms with Gasteiger partial charge in [0.1, 0.15) is 0 Å². The van der Waals surface area contributed by atoms with Crippen LogP contribution in [-0.2, 0) is 16.1 Å². The molecule has 0 radical (unpaired) electrons. The Kier molecular flexibility index (Phi) is 8.78. The molecular weight excluding hydrogens is 474 g/mol. The Bertz CT molecular complexity index is 1230. The van der Waals surface area contributed by atoms with E-state index in [4.69, 9.17) is 14.2 Å². The number of ether oxygens (including phenoxy) is 3. The second-order valence-corrected chi connectivity index (χ2v) is 10.6. The summed E-state index contributed by atoms with van der Waals surface area (Å²) in [6.45, 7) is 9.38. The third-order valence-electron chi connectivity index (χ3n) is 8.22. The minimum Gasteiger partial charge on any atom is -0.493 e. The minimum atomic E-state index is -0.258. The van der Waals surface area contributed by atoms with E-state index in [0.717, 1.165) is 18.4 Å². The number of nitrogens with zero attached hydrogens (tertiary/aromatic N) is 1. The molecule has 0 heterocycles. The number of hydrogen-bond donors (Lipinski definition) is 0. The molecule has 1 saturated carbocycles. The van der Waals surface area contributed by atoms with Gasteiger partial charge in [0.15, 0.2) is 11.5 Å². The van der Waals surface area contributed by atoms with E-state index in [1.54, 1.807) is 14.2 Å². The second-order valence-electron chi connectivity index (χ2n) is 10.6. The Labute approximate surface area is 227 Å². The first-order valence-corrected chi connectivity index (χ1v) is 13.5. The molecule has 4 atom stereocenters. The number of esters is 1. The van der Waals surface area contributed by atoms with Gasteiger partial charge in [-0.2, -0.15) is 0 Å². The summed E-state index contributed by atoms with van der Waals surface area (Å²) >= 11 is 0. The predicted octanol–water partition coefficient (Wildman–Crippen LogP) is 6.93. The lowest BCUT2D eigenvalue weighted by molar-refractivity contribution is -0.148. The zero-order valence-electron chi connectivity index (χ0n) is 23.8. The summed E-state index contributed by atoms with van der Waals surface area (Å²) < 4.78 is 16.5. The second kappa shape index (κ2) is 12.0. The molecule has 4 rings (SSSR count). The van der Waals surface area contributed by atoms with Crippen LogP contribution < -0.4 is 9.47 Å². The molecule has 202 valence electrons. The Morgan fingerprint density at radius 2 is 1.55 bits per heavy atom. The average Bonchev–Trinajstić information content (AvgIpc) is 3.34. The van der Waals surface area contributed by atoms with Crippen LogP contribution in [0.4, 0.5) is 0 Å². The number of rotatable bonds is 9. The molecule has 5 heteroatoms. The summed E-state index contributed by atoms with van der Waals surface area (Å²) in [5, 5.41) is 0. The van der Waals surface area contributed by atoms with Gasteiger partial charge in [0.25, 0.3) is 0 Å². The van der Waals surface area contributed by atoms with Crippen LogP contribution in [-0.4, -0.2) is 38.2 Å². The van der Waals surface area contributed by atoms with Gasteiger partial charge in [-0.1, -0.05) is 54.1 Å². The fraction of sp³-hybridized carbons (Fsp3) is 0.424. The van der Waals surface area contributed by atoms with E-state index in [1.165, 1.54) is 34.9 Å². The van der Waals surface area contributed by atoms with Crippen molar-refractivity contribution in [1.82, 2.24) is 4.90 Å². The van der Waals surface area contributed by atoms with Crippen LogP contribution >= 0.6 is 0 Å². The maximum absolute atomic E-state index is 13.5. The van der Waals surface area contributed by atoms with Gasteiger partial charge in [0, 0.05) is 18.6 Å². The Hall–Kier alpha value is -3.31. The summed E-state index contributed by atoms with van der Waals surface area (Å²) in [4.78, 5) is 16.0. The Morgan fingerprint density at radius 3 is 2.16 bits per heavy atom. The molecule has 0 amide bonds. The summed E-state index contributed by atoms with van der Waals surface area (Å²) in [5.41, 5.74) is 7.39. The fourth-order valence-corrected chi connectivity index (χ4v) is 6.56. The van der Waals surface area contributed by atoms with Crippen molar-refractivity contribution in [3.05, 3.63) is 94.0 Å². The fourth-order valence-electron chi connectivity index (χ4n) is 6.56. The van der Waals surface area contributed by atoms with Crippen LogP contribution in [0.5, 0.6) is 11.5 Å². The van der Waals surface area contributed by atoms with Crippen LogP contribution in [0.3, 0.4) is 0 Å². The van der Waals surface area contributed by atoms with Crippen molar-refractivity contribution in [2.75, 3.05) is 21.3 Å². The molecule has 1 fully saturated rings. The lowest BCUT2D eigenvalue weighted by Gasteiger charge is -2.38. The van der Waals surface area contributed by atoms with Crippen molar-refractivity contribution >= 4 is 5.97 Å². The highest BCUT2D eigenvalue weighted by Gasteiger charge is 2.47. The van der Waals surface area contributed by atoms with Gasteiger partial charge in [-0.25, -0.2) is 0 Å². The van der Waals surface area contributed by atoms with E-state index in [0.29, 0.717) is 18.0 Å². The first-order valence-electron chi connectivity index (χ1n) is 13.5. The number of carbonyl (C=O) groups is 1. The molecule has 0 N–H and O–H groups in total. The van der Waals surface area contributed by atoms with E-state index < -0.39 is 0 Å². The maximum Gasteiger partial charge on any atom is 0.310 e. The van der Waals surface area contributed by atoms with Gasteiger partial charge in [0.05, 0.1) is 27.2 Å². The van der Waals surface area contributed by atoms with E-state index in [2.05, 4.69) is 75.1 Å². The SMILES string of the molecule is COC(=O)[C@@H]1[C@@H](c2c(C)cc(C)cc2C)CC[C@@H]1N(Cc1ccc(OC)c(OC)c1)[C@H](C)c1ccccc1. The highest BCUT2D eigenvalue weighted by molar-refractivity contribution is 5.75. The van der Waals surface area contributed by atoms with Gasteiger partial charge in [-0.05, 0) is 86.4 Å². The van der Waals surface area contributed by atoms with Gasteiger partial charge in [0.2, 0.25) is 0 Å². The van der Waals surface area contributed by atoms with Gasteiger partial charge >= 0.3 is 5.97 Å². The van der Waals surface area contributed by atoms with Crippen LogP contribution in [0.1, 0.15) is 65.1 Å². The molecule has 5 nitrogen and oxygen atoms in total. The topological polar surface area (TPSA) is 48.0 Å². The first-order chi connectivity index (χ1) is 18.3. The van der Waals surface area contributed by atoms with Crippen LogP contribution in [0.25, 0.3) is 0 Å².